The van der Waals surface area contributed by atoms with Crippen LogP contribution in [0.25, 0.3) is 10.2 Å². The fourth-order valence-electron chi connectivity index (χ4n) is 1.71. The Morgan fingerprint density at radius 2 is 1.95 bits per heavy atom. The van der Waals surface area contributed by atoms with Gasteiger partial charge in [0.15, 0.2) is 5.13 Å². The summed E-state index contributed by atoms with van der Waals surface area (Å²) in [5, 5.41) is 3.56. The van der Waals surface area contributed by atoms with Gasteiger partial charge in [-0.3, -0.25) is 0 Å². The molecule has 2 heterocycles. The van der Waals surface area contributed by atoms with Crippen molar-refractivity contribution in [1.29, 1.82) is 0 Å². The second-order valence-electron chi connectivity index (χ2n) is 4.19. The highest BCUT2D eigenvalue weighted by Gasteiger charge is 2.32. The van der Waals surface area contributed by atoms with Crippen molar-refractivity contribution in [1.82, 2.24) is 9.97 Å². The zero-order valence-electron chi connectivity index (χ0n) is 10.3. The Morgan fingerprint density at radius 3 is 2.62 bits per heavy atom. The van der Waals surface area contributed by atoms with E-state index in [1.54, 1.807) is 0 Å². The molecule has 2 aromatic heterocycles. The Balaban J connectivity index is 1.84. The molecule has 1 N–H and O–H groups in total. The molecule has 108 valence electrons. The molecule has 0 atom stereocenters. The average Bonchev–Trinajstić information content (AvgIpc) is 2.79. The highest BCUT2D eigenvalue weighted by molar-refractivity contribution is 9.10. The van der Waals surface area contributed by atoms with E-state index in [1.807, 2.05) is 18.2 Å². The predicted molar refractivity (Wildman–Crippen MR) is 79.8 cm³/mol. The molecule has 3 rings (SSSR count). The smallest absolute Gasteiger partial charge is 0.330 e. The van der Waals surface area contributed by atoms with E-state index in [1.165, 1.54) is 17.4 Å². The van der Waals surface area contributed by atoms with Gasteiger partial charge in [-0.05, 0) is 30.3 Å². The fraction of sp³-hybridized carbons (Fsp3) is 0.0769. The summed E-state index contributed by atoms with van der Waals surface area (Å²) in [7, 11) is 0. The zero-order valence-corrected chi connectivity index (χ0v) is 12.7. The number of nitrogens with zero attached hydrogens (tertiary/aromatic N) is 2. The first-order valence-corrected chi connectivity index (χ1v) is 7.39. The monoisotopic (exact) mass is 373 g/mol. The van der Waals surface area contributed by atoms with Crippen molar-refractivity contribution in [2.45, 2.75) is 6.18 Å². The zero-order chi connectivity index (χ0) is 15.0. The molecule has 3 aromatic rings. The second kappa shape index (κ2) is 5.27. The molecule has 0 radical (unpaired) electrons. The molecular weight excluding hydrogens is 367 g/mol. The van der Waals surface area contributed by atoms with E-state index in [2.05, 4.69) is 31.2 Å². The Hall–Kier alpha value is -1.67. The van der Waals surface area contributed by atoms with Crippen molar-refractivity contribution < 1.29 is 13.2 Å². The number of halogens is 4. The molecule has 0 bridgehead atoms. The number of benzene rings is 1. The summed E-state index contributed by atoms with van der Waals surface area (Å²) in [6, 6.07) is 7.95. The first-order chi connectivity index (χ1) is 9.91. The average molecular weight is 374 g/mol. The van der Waals surface area contributed by atoms with E-state index in [4.69, 9.17) is 0 Å². The highest BCUT2D eigenvalue weighted by atomic mass is 79.9. The van der Waals surface area contributed by atoms with Gasteiger partial charge in [0, 0.05) is 4.47 Å². The number of pyridine rings is 1. The first kappa shape index (κ1) is 14.3. The summed E-state index contributed by atoms with van der Waals surface area (Å²) in [6.07, 6.45) is -3.29. The van der Waals surface area contributed by atoms with Crippen LogP contribution in [-0.4, -0.2) is 9.97 Å². The number of anilines is 2. The van der Waals surface area contributed by atoms with Gasteiger partial charge in [-0.1, -0.05) is 27.3 Å². The van der Waals surface area contributed by atoms with Crippen molar-refractivity contribution in [2.24, 2.45) is 0 Å². The molecule has 0 spiro atoms. The summed E-state index contributed by atoms with van der Waals surface area (Å²) in [6.45, 7) is 0. The van der Waals surface area contributed by atoms with E-state index in [0.717, 1.165) is 27.0 Å². The van der Waals surface area contributed by atoms with Gasteiger partial charge in [-0.15, -0.1) is 0 Å². The molecular formula is C13H7BrF3N3S. The molecule has 0 amide bonds. The number of hydrogen-bond donors (Lipinski definition) is 1. The van der Waals surface area contributed by atoms with Crippen molar-refractivity contribution in [3.05, 3.63) is 46.7 Å². The molecule has 1 aromatic carbocycles. The van der Waals surface area contributed by atoms with E-state index < -0.39 is 11.9 Å². The maximum Gasteiger partial charge on any atom is 0.433 e. The second-order valence-corrected chi connectivity index (χ2v) is 6.13. The van der Waals surface area contributed by atoms with E-state index in [9.17, 15) is 13.2 Å². The molecule has 3 nitrogen and oxygen atoms in total. The Bertz CT molecular complexity index is 783. The number of fused-ring (bicyclic) bond motifs is 1. The number of hydrogen-bond acceptors (Lipinski definition) is 4. The molecule has 8 heteroatoms. The van der Waals surface area contributed by atoms with Gasteiger partial charge in [0.05, 0.1) is 22.1 Å². The lowest BCUT2D eigenvalue weighted by Crippen LogP contribution is -2.07. The lowest BCUT2D eigenvalue weighted by Gasteiger charge is -2.06. The molecule has 0 aliphatic heterocycles. The molecule has 0 unspecified atom stereocenters. The number of nitrogens with one attached hydrogen (secondary N) is 1. The van der Waals surface area contributed by atoms with Crippen LogP contribution >= 0.6 is 27.3 Å². The minimum Gasteiger partial charge on any atom is -0.330 e. The van der Waals surface area contributed by atoms with Gasteiger partial charge in [0.2, 0.25) is 0 Å². The van der Waals surface area contributed by atoms with Crippen LogP contribution in [0, 0.1) is 0 Å². The van der Waals surface area contributed by atoms with Crippen LogP contribution in [0.4, 0.5) is 24.0 Å². The van der Waals surface area contributed by atoms with Crippen molar-refractivity contribution >= 4 is 48.3 Å². The number of rotatable bonds is 2. The number of aromatic nitrogens is 2. The lowest BCUT2D eigenvalue weighted by molar-refractivity contribution is -0.141. The Labute approximate surface area is 130 Å². The van der Waals surface area contributed by atoms with Crippen LogP contribution in [0.1, 0.15) is 5.69 Å². The van der Waals surface area contributed by atoms with E-state index in [0.29, 0.717) is 10.8 Å². The topological polar surface area (TPSA) is 37.8 Å². The van der Waals surface area contributed by atoms with Crippen LogP contribution < -0.4 is 5.32 Å². The third kappa shape index (κ3) is 3.16. The third-order valence-electron chi connectivity index (χ3n) is 2.66. The summed E-state index contributed by atoms with van der Waals surface area (Å²) in [5.41, 5.74) is 0.368. The van der Waals surface area contributed by atoms with Crippen LogP contribution in [-0.2, 0) is 6.18 Å². The van der Waals surface area contributed by atoms with Gasteiger partial charge in [0.1, 0.15) is 5.69 Å². The Morgan fingerprint density at radius 1 is 1.14 bits per heavy atom. The summed E-state index contributed by atoms with van der Waals surface area (Å²) < 4.78 is 39.2. The summed E-state index contributed by atoms with van der Waals surface area (Å²) in [4.78, 5) is 7.75. The largest absolute Gasteiger partial charge is 0.433 e. The molecule has 0 saturated heterocycles. The van der Waals surface area contributed by atoms with Crippen LogP contribution in [0.3, 0.4) is 0 Å². The van der Waals surface area contributed by atoms with Gasteiger partial charge < -0.3 is 5.32 Å². The summed E-state index contributed by atoms with van der Waals surface area (Å²) >= 11 is 4.79. The van der Waals surface area contributed by atoms with Gasteiger partial charge in [0.25, 0.3) is 0 Å². The highest BCUT2D eigenvalue weighted by Crippen LogP contribution is 2.31. The maximum atomic E-state index is 12.4. The third-order valence-corrected chi connectivity index (χ3v) is 4.08. The van der Waals surface area contributed by atoms with Gasteiger partial charge in [-0.25, -0.2) is 9.97 Å². The maximum absolute atomic E-state index is 12.4. The van der Waals surface area contributed by atoms with E-state index >= 15 is 0 Å². The van der Waals surface area contributed by atoms with Gasteiger partial charge >= 0.3 is 6.18 Å². The van der Waals surface area contributed by atoms with Gasteiger partial charge in [-0.2, -0.15) is 13.2 Å². The molecule has 0 aliphatic rings. The molecule has 0 fully saturated rings. The quantitative estimate of drug-likeness (QED) is 0.669. The predicted octanol–water partition coefficient (Wildman–Crippen LogP) is 5.22. The minimum atomic E-state index is -4.43. The standard InChI is InChI=1S/C13H7BrF3N3S/c14-7-1-3-9-10(5-7)21-12(20-9)19-8-2-4-11(18-6-8)13(15,16)17/h1-6H,(H,19,20). The minimum absolute atomic E-state index is 0.459. The van der Waals surface area contributed by atoms with Crippen molar-refractivity contribution in [3.63, 3.8) is 0 Å². The number of alkyl halides is 3. The van der Waals surface area contributed by atoms with Crippen molar-refractivity contribution in [3.8, 4) is 0 Å². The van der Waals surface area contributed by atoms with Crippen LogP contribution in [0.15, 0.2) is 41.0 Å². The molecule has 21 heavy (non-hydrogen) atoms. The molecule has 0 saturated carbocycles. The van der Waals surface area contributed by atoms with Crippen LogP contribution in [0.2, 0.25) is 0 Å². The first-order valence-electron chi connectivity index (χ1n) is 5.78. The number of thiazole rings is 1. The summed E-state index contributed by atoms with van der Waals surface area (Å²) in [5.74, 6) is 0. The fourth-order valence-corrected chi connectivity index (χ4v) is 3.15. The normalized spacial score (nSPS) is 11.8. The Kier molecular flexibility index (Phi) is 3.58. The lowest BCUT2D eigenvalue weighted by atomic mass is 10.3. The molecule has 0 aliphatic carbocycles. The van der Waals surface area contributed by atoms with E-state index in [-0.39, 0.29) is 0 Å². The SMILES string of the molecule is FC(F)(F)c1ccc(Nc2nc3ccc(Br)cc3s2)cn1. The van der Waals surface area contributed by atoms with Crippen LogP contribution in [0.5, 0.6) is 0 Å². The van der Waals surface area contributed by atoms with Crippen molar-refractivity contribution in [2.75, 3.05) is 5.32 Å².